The average molecular weight is 465 g/mol. The van der Waals surface area contributed by atoms with Crippen molar-refractivity contribution in [2.75, 3.05) is 19.7 Å². The Balaban J connectivity index is 1.40. The van der Waals surface area contributed by atoms with Crippen LogP contribution >= 0.6 is 0 Å². The largest absolute Gasteiger partial charge is 0.481 e. The number of likely N-dealkylation sites (tertiary alicyclic amines) is 1. The number of benzene rings is 2. The molecule has 4 rings (SSSR count). The maximum atomic E-state index is 13.1. The maximum Gasteiger partial charge on any atom is 0.407 e. The maximum absolute atomic E-state index is 13.1. The molecule has 180 valence electrons. The summed E-state index contributed by atoms with van der Waals surface area (Å²) in [6.45, 7) is 4.50. The number of piperidine rings is 1. The summed E-state index contributed by atoms with van der Waals surface area (Å²) < 4.78 is 5.59. The standard InChI is InChI=1S/C27H32N2O5/c1-3-23(24(30)29-15-9-14-27(4-2,17-29)25(31)32)28-26(33)34-16-22-20-12-7-5-10-18(20)19-11-6-8-13-21(19)22/h5-8,10-13,22-23H,3-4,9,14-17H2,1-2H3,(H,28,33)(H,31,32)/t23-,27?/m1/s1. The fourth-order valence-corrected chi connectivity index (χ4v) is 5.28. The van der Waals surface area contributed by atoms with E-state index in [0.717, 1.165) is 22.3 Å². The first-order valence-electron chi connectivity index (χ1n) is 12.0. The molecule has 7 heteroatoms. The second-order valence-electron chi connectivity index (χ2n) is 9.23. The third-order valence-corrected chi connectivity index (χ3v) is 7.36. The molecule has 2 aromatic carbocycles. The van der Waals surface area contributed by atoms with Gasteiger partial charge in [0.1, 0.15) is 12.6 Å². The van der Waals surface area contributed by atoms with Crippen molar-refractivity contribution in [3.8, 4) is 11.1 Å². The number of nitrogens with zero attached hydrogens (tertiary/aromatic N) is 1. The van der Waals surface area contributed by atoms with Crippen LogP contribution in [-0.2, 0) is 14.3 Å². The van der Waals surface area contributed by atoms with Crippen LogP contribution in [0.25, 0.3) is 11.1 Å². The van der Waals surface area contributed by atoms with Gasteiger partial charge in [0, 0.05) is 19.0 Å². The first-order chi connectivity index (χ1) is 16.4. The van der Waals surface area contributed by atoms with Gasteiger partial charge in [-0.3, -0.25) is 9.59 Å². The van der Waals surface area contributed by atoms with Gasteiger partial charge in [0.05, 0.1) is 5.41 Å². The molecule has 2 atom stereocenters. The van der Waals surface area contributed by atoms with Gasteiger partial charge in [-0.2, -0.15) is 0 Å². The number of carbonyl (C=O) groups is 3. The molecule has 1 aliphatic carbocycles. The fourth-order valence-electron chi connectivity index (χ4n) is 5.28. The second-order valence-corrected chi connectivity index (χ2v) is 9.23. The summed E-state index contributed by atoms with van der Waals surface area (Å²) in [6.07, 6.45) is 1.40. The summed E-state index contributed by atoms with van der Waals surface area (Å²) in [5.41, 5.74) is 3.62. The number of nitrogens with one attached hydrogen (secondary N) is 1. The first-order valence-corrected chi connectivity index (χ1v) is 12.0. The highest BCUT2D eigenvalue weighted by Gasteiger charge is 2.43. The predicted molar refractivity (Wildman–Crippen MR) is 128 cm³/mol. The minimum atomic E-state index is -0.921. The topological polar surface area (TPSA) is 95.9 Å². The Morgan fingerprint density at radius 3 is 2.26 bits per heavy atom. The third-order valence-electron chi connectivity index (χ3n) is 7.36. The molecule has 2 amide bonds. The van der Waals surface area contributed by atoms with Crippen LogP contribution in [0.2, 0.25) is 0 Å². The van der Waals surface area contributed by atoms with Crippen LogP contribution in [0.15, 0.2) is 48.5 Å². The van der Waals surface area contributed by atoms with E-state index >= 15 is 0 Å². The lowest BCUT2D eigenvalue weighted by Gasteiger charge is -2.40. The first kappa shape index (κ1) is 23.8. The Labute approximate surface area is 200 Å². The molecule has 0 saturated carbocycles. The highest BCUT2D eigenvalue weighted by atomic mass is 16.5. The number of rotatable bonds is 7. The molecular weight excluding hydrogens is 432 g/mol. The number of hydrogen-bond acceptors (Lipinski definition) is 4. The monoisotopic (exact) mass is 464 g/mol. The van der Waals surface area contributed by atoms with Crippen LogP contribution in [0.4, 0.5) is 4.79 Å². The molecule has 34 heavy (non-hydrogen) atoms. The van der Waals surface area contributed by atoms with Crippen molar-refractivity contribution in [2.24, 2.45) is 5.41 Å². The second kappa shape index (κ2) is 9.87. The molecule has 2 aromatic rings. The van der Waals surface area contributed by atoms with Gasteiger partial charge >= 0.3 is 12.1 Å². The molecule has 1 unspecified atom stereocenters. The molecular formula is C27H32N2O5. The quantitative estimate of drug-likeness (QED) is 0.633. The summed E-state index contributed by atoms with van der Waals surface area (Å²) in [6, 6.07) is 15.5. The number of carboxylic acid groups (broad SMARTS) is 1. The molecule has 1 fully saturated rings. The molecule has 2 aliphatic rings. The highest BCUT2D eigenvalue weighted by molar-refractivity contribution is 5.87. The molecule has 0 aromatic heterocycles. The van der Waals surface area contributed by atoms with Crippen molar-refractivity contribution >= 4 is 18.0 Å². The minimum Gasteiger partial charge on any atom is -0.481 e. The SMILES string of the molecule is CC[C@@H](NC(=O)OCC1c2ccccc2-c2ccccc21)C(=O)N1CCCC(CC)(C(=O)O)C1. The molecule has 2 N–H and O–H groups in total. The normalized spacial score (nSPS) is 20.2. The van der Waals surface area contributed by atoms with Gasteiger partial charge in [-0.05, 0) is 47.9 Å². The number of hydrogen-bond donors (Lipinski definition) is 2. The van der Waals surface area contributed by atoms with Gasteiger partial charge in [0.15, 0.2) is 0 Å². The molecule has 0 spiro atoms. The fraction of sp³-hybridized carbons (Fsp3) is 0.444. The van der Waals surface area contributed by atoms with Crippen molar-refractivity contribution < 1.29 is 24.2 Å². The van der Waals surface area contributed by atoms with Crippen LogP contribution in [-0.4, -0.2) is 53.7 Å². The average Bonchev–Trinajstić information content (AvgIpc) is 3.19. The van der Waals surface area contributed by atoms with E-state index in [1.807, 2.05) is 38.1 Å². The zero-order valence-corrected chi connectivity index (χ0v) is 19.8. The Bertz CT molecular complexity index is 1040. The van der Waals surface area contributed by atoms with Crippen LogP contribution in [0.3, 0.4) is 0 Å². The zero-order chi connectivity index (χ0) is 24.3. The molecule has 0 radical (unpaired) electrons. The Morgan fingerprint density at radius 1 is 1.09 bits per heavy atom. The summed E-state index contributed by atoms with van der Waals surface area (Å²) in [7, 11) is 0. The third kappa shape index (κ3) is 4.39. The summed E-state index contributed by atoms with van der Waals surface area (Å²) in [5, 5.41) is 12.4. The number of aliphatic carboxylic acids is 1. The van der Waals surface area contributed by atoms with Crippen LogP contribution in [0.5, 0.6) is 0 Å². The van der Waals surface area contributed by atoms with Gasteiger partial charge < -0.3 is 20.1 Å². The van der Waals surface area contributed by atoms with Crippen LogP contribution in [0.1, 0.15) is 56.6 Å². The van der Waals surface area contributed by atoms with Crippen molar-refractivity contribution in [1.82, 2.24) is 10.2 Å². The minimum absolute atomic E-state index is 0.0586. The summed E-state index contributed by atoms with van der Waals surface area (Å²) in [4.78, 5) is 39.2. The van der Waals surface area contributed by atoms with Crippen molar-refractivity contribution in [3.63, 3.8) is 0 Å². The van der Waals surface area contributed by atoms with Gasteiger partial charge in [-0.15, -0.1) is 0 Å². The van der Waals surface area contributed by atoms with Crippen LogP contribution < -0.4 is 5.32 Å². The van der Waals surface area contributed by atoms with Gasteiger partial charge in [0.2, 0.25) is 5.91 Å². The van der Waals surface area contributed by atoms with E-state index < -0.39 is 23.5 Å². The van der Waals surface area contributed by atoms with E-state index in [1.54, 1.807) is 4.90 Å². The molecule has 0 bridgehead atoms. The van der Waals surface area contributed by atoms with E-state index in [0.29, 0.717) is 32.2 Å². The smallest absolute Gasteiger partial charge is 0.407 e. The van der Waals surface area contributed by atoms with Crippen molar-refractivity contribution in [2.45, 2.75) is 51.5 Å². The van der Waals surface area contributed by atoms with Gasteiger partial charge in [0.25, 0.3) is 0 Å². The highest BCUT2D eigenvalue weighted by Crippen LogP contribution is 2.44. The Hall–Kier alpha value is -3.35. The molecule has 1 heterocycles. The van der Waals surface area contributed by atoms with E-state index in [2.05, 4.69) is 29.6 Å². The lowest BCUT2D eigenvalue weighted by Crippen LogP contribution is -2.55. The summed E-state index contributed by atoms with van der Waals surface area (Å²) in [5.74, 6) is -1.18. The zero-order valence-electron chi connectivity index (χ0n) is 19.8. The Kier molecular flexibility index (Phi) is 6.91. The van der Waals surface area contributed by atoms with E-state index in [4.69, 9.17) is 4.74 Å². The number of fused-ring (bicyclic) bond motifs is 3. The van der Waals surface area contributed by atoms with Crippen molar-refractivity contribution in [1.29, 1.82) is 0 Å². The van der Waals surface area contributed by atoms with Gasteiger partial charge in [-0.1, -0.05) is 62.4 Å². The lowest BCUT2D eigenvalue weighted by molar-refractivity contribution is -0.155. The van der Waals surface area contributed by atoms with Gasteiger partial charge in [-0.25, -0.2) is 4.79 Å². The number of carboxylic acids is 1. The molecule has 1 aliphatic heterocycles. The number of amides is 2. The molecule has 1 saturated heterocycles. The number of carbonyl (C=O) groups excluding carboxylic acids is 2. The summed E-state index contributed by atoms with van der Waals surface area (Å²) >= 11 is 0. The van der Waals surface area contributed by atoms with E-state index in [-0.39, 0.29) is 25.0 Å². The van der Waals surface area contributed by atoms with Crippen molar-refractivity contribution in [3.05, 3.63) is 59.7 Å². The van der Waals surface area contributed by atoms with E-state index in [1.165, 1.54) is 0 Å². The van der Waals surface area contributed by atoms with E-state index in [9.17, 15) is 19.5 Å². The van der Waals surface area contributed by atoms with Crippen LogP contribution in [0, 0.1) is 5.41 Å². The predicted octanol–water partition coefficient (Wildman–Crippen LogP) is 4.41. The lowest BCUT2D eigenvalue weighted by atomic mass is 9.77. The number of ether oxygens (including phenoxy) is 1. The Morgan fingerprint density at radius 2 is 1.71 bits per heavy atom. The molecule has 7 nitrogen and oxygen atoms in total. The number of alkyl carbamates (subject to hydrolysis) is 1.